The Morgan fingerprint density at radius 2 is 2.00 bits per heavy atom. The summed E-state index contributed by atoms with van der Waals surface area (Å²) < 4.78 is 19.8. The van der Waals surface area contributed by atoms with Crippen molar-refractivity contribution < 1.29 is 13.9 Å². The van der Waals surface area contributed by atoms with E-state index in [9.17, 15) is 9.18 Å². The van der Waals surface area contributed by atoms with Crippen molar-refractivity contribution in [2.45, 2.75) is 0 Å². The van der Waals surface area contributed by atoms with Crippen molar-refractivity contribution in [3.05, 3.63) is 36.3 Å². The lowest BCUT2D eigenvalue weighted by Gasteiger charge is -2.33. The summed E-state index contributed by atoms with van der Waals surface area (Å²) in [7, 11) is 1.62. The van der Waals surface area contributed by atoms with Crippen LogP contribution in [0.4, 0.5) is 9.52 Å². The molecule has 3 aromatic rings. The Kier molecular flexibility index (Phi) is 6.02. The molecule has 0 radical (unpaired) electrons. The lowest BCUT2D eigenvalue weighted by atomic mass is 10.2. The molecule has 1 amide bonds. The number of hydrogen-bond acceptors (Lipinski definition) is 7. The molecule has 0 unspecified atom stereocenters. The van der Waals surface area contributed by atoms with E-state index in [1.807, 2.05) is 6.20 Å². The molecular weight excluding hydrogens is 395 g/mol. The van der Waals surface area contributed by atoms with Crippen LogP contribution in [0.1, 0.15) is 0 Å². The number of nitrogens with one attached hydrogen (secondary N) is 1. The van der Waals surface area contributed by atoms with E-state index in [-0.39, 0.29) is 11.7 Å². The standard InChI is InChI=1S/C19H23FN6O2S/c1-28-11-6-21-17(27)13-24-7-9-25(10-8-24)19-23-26-12-16(22-18(26)29-19)14-2-4-15(20)5-3-14/h2-5,12H,6-11,13H2,1H3,(H,21,27). The zero-order valence-corrected chi connectivity index (χ0v) is 17.0. The van der Waals surface area contributed by atoms with Gasteiger partial charge in [0.1, 0.15) is 5.82 Å². The molecule has 3 heterocycles. The highest BCUT2D eigenvalue weighted by atomic mass is 32.1. The Morgan fingerprint density at radius 3 is 2.69 bits per heavy atom. The van der Waals surface area contributed by atoms with Crippen molar-refractivity contribution in [1.29, 1.82) is 0 Å². The number of amides is 1. The number of piperazine rings is 1. The number of aromatic nitrogens is 3. The maximum Gasteiger partial charge on any atom is 0.234 e. The quantitative estimate of drug-likeness (QED) is 0.586. The van der Waals surface area contributed by atoms with Crippen molar-refractivity contribution >= 4 is 27.3 Å². The third kappa shape index (κ3) is 4.72. The Bertz CT molecular complexity index is 933. The molecule has 2 aromatic heterocycles. The second kappa shape index (κ2) is 8.85. The van der Waals surface area contributed by atoms with Gasteiger partial charge in [0, 0.05) is 45.4 Å². The van der Waals surface area contributed by atoms with Gasteiger partial charge in [-0.25, -0.2) is 13.9 Å². The summed E-state index contributed by atoms with van der Waals surface area (Å²) in [5.41, 5.74) is 1.64. The SMILES string of the molecule is COCCNC(=O)CN1CCN(c2nn3cc(-c4ccc(F)cc4)nc3s2)CC1. The van der Waals surface area contributed by atoms with Gasteiger partial charge in [-0.2, -0.15) is 0 Å². The van der Waals surface area contributed by atoms with E-state index in [1.165, 1.54) is 23.5 Å². The van der Waals surface area contributed by atoms with Gasteiger partial charge in [-0.1, -0.05) is 11.3 Å². The zero-order chi connectivity index (χ0) is 20.2. The minimum absolute atomic E-state index is 0.0246. The number of carbonyl (C=O) groups excluding carboxylic acids is 1. The van der Waals surface area contributed by atoms with Crippen LogP contribution < -0.4 is 10.2 Å². The predicted molar refractivity (Wildman–Crippen MR) is 110 cm³/mol. The van der Waals surface area contributed by atoms with Gasteiger partial charge < -0.3 is 15.0 Å². The summed E-state index contributed by atoms with van der Waals surface area (Å²) in [6.07, 6.45) is 1.86. The molecule has 1 aliphatic heterocycles. The van der Waals surface area contributed by atoms with Gasteiger partial charge in [0.25, 0.3) is 0 Å². The van der Waals surface area contributed by atoms with Crippen LogP contribution in [0, 0.1) is 5.82 Å². The minimum Gasteiger partial charge on any atom is -0.383 e. The van der Waals surface area contributed by atoms with Crippen molar-refractivity contribution in [1.82, 2.24) is 24.8 Å². The highest BCUT2D eigenvalue weighted by Gasteiger charge is 2.22. The average molecular weight is 418 g/mol. The van der Waals surface area contributed by atoms with Gasteiger partial charge in [0.05, 0.1) is 25.0 Å². The number of methoxy groups -OCH3 is 1. The molecular formula is C19H23FN6O2S. The molecule has 0 saturated carbocycles. The molecule has 1 saturated heterocycles. The molecule has 4 rings (SSSR count). The van der Waals surface area contributed by atoms with Gasteiger partial charge in [-0.05, 0) is 24.3 Å². The first-order chi connectivity index (χ1) is 14.1. The normalized spacial score (nSPS) is 15.2. The van der Waals surface area contributed by atoms with E-state index >= 15 is 0 Å². The molecule has 0 aliphatic carbocycles. The van der Waals surface area contributed by atoms with Crippen molar-refractivity contribution in [2.75, 3.05) is 57.9 Å². The van der Waals surface area contributed by atoms with Crippen LogP contribution >= 0.6 is 11.3 Å². The molecule has 0 bridgehead atoms. The number of nitrogens with zero attached hydrogens (tertiary/aromatic N) is 5. The van der Waals surface area contributed by atoms with Gasteiger partial charge in [0.2, 0.25) is 16.0 Å². The third-order valence-corrected chi connectivity index (χ3v) is 5.79. The first-order valence-corrected chi connectivity index (χ1v) is 10.3. The zero-order valence-electron chi connectivity index (χ0n) is 16.2. The highest BCUT2D eigenvalue weighted by Crippen LogP contribution is 2.27. The highest BCUT2D eigenvalue weighted by molar-refractivity contribution is 7.20. The molecule has 1 aliphatic rings. The van der Waals surface area contributed by atoms with Crippen molar-refractivity contribution in [2.24, 2.45) is 0 Å². The summed E-state index contributed by atoms with van der Waals surface area (Å²) >= 11 is 1.53. The van der Waals surface area contributed by atoms with Gasteiger partial charge >= 0.3 is 0 Å². The third-order valence-electron chi connectivity index (χ3n) is 4.81. The number of benzene rings is 1. The summed E-state index contributed by atoms with van der Waals surface area (Å²) in [6.45, 7) is 4.70. The minimum atomic E-state index is -0.262. The van der Waals surface area contributed by atoms with Crippen LogP contribution in [0.15, 0.2) is 30.5 Å². The maximum absolute atomic E-state index is 13.1. The van der Waals surface area contributed by atoms with Crippen molar-refractivity contribution in [3.63, 3.8) is 0 Å². The van der Waals surface area contributed by atoms with E-state index in [1.54, 1.807) is 23.8 Å². The lowest BCUT2D eigenvalue weighted by Crippen LogP contribution is -2.49. The molecule has 8 nitrogen and oxygen atoms in total. The van der Waals surface area contributed by atoms with Crippen LogP contribution in [0.25, 0.3) is 16.2 Å². The van der Waals surface area contributed by atoms with Crippen LogP contribution in [0.2, 0.25) is 0 Å². The molecule has 10 heteroatoms. The number of ether oxygens (including phenoxy) is 1. The first-order valence-electron chi connectivity index (χ1n) is 9.47. The molecule has 1 fully saturated rings. The molecule has 1 N–H and O–H groups in total. The Balaban J connectivity index is 1.33. The van der Waals surface area contributed by atoms with Crippen molar-refractivity contribution in [3.8, 4) is 11.3 Å². The number of imidazole rings is 1. The van der Waals surface area contributed by atoms with Crippen LogP contribution in [-0.2, 0) is 9.53 Å². The number of anilines is 1. The lowest BCUT2D eigenvalue weighted by molar-refractivity contribution is -0.122. The number of carbonyl (C=O) groups is 1. The Morgan fingerprint density at radius 1 is 1.24 bits per heavy atom. The molecule has 0 atom stereocenters. The number of halogens is 1. The Hall–Kier alpha value is -2.56. The second-order valence-corrected chi connectivity index (χ2v) is 7.79. The first kappa shape index (κ1) is 19.7. The smallest absolute Gasteiger partial charge is 0.234 e. The summed E-state index contributed by atoms with van der Waals surface area (Å²) in [5, 5.41) is 8.42. The van der Waals surface area contributed by atoms with Crippen LogP contribution in [-0.4, -0.2) is 78.4 Å². The van der Waals surface area contributed by atoms with Gasteiger partial charge in [-0.15, -0.1) is 5.10 Å². The summed E-state index contributed by atoms with van der Waals surface area (Å²) in [4.78, 5) is 21.7. The van der Waals surface area contributed by atoms with E-state index in [4.69, 9.17) is 4.74 Å². The molecule has 154 valence electrons. The van der Waals surface area contributed by atoms with E-state index in [2.05, 4.69) is 25.2 Å². The number of fused-ring (bicyclic) bond motifs is 1. The average Bonchev–Trinajstić information content (AvgIpc) is 3.29. The van der Waals surface area contributed by atoms with Gasteiger partial charge in [0.15, 0.2) is 0 Å². The van der Waals surface area contributed by atoms with Gasteiger partial charge in [-0.3, -0.25) is 9.69 Å². The molecule has 1 aromatic carbocycles. The van der Waals surface area contributed by atoms with E-state index in [0.29, 0.717) is 19.7 Å². The fraction of sp³-hybridized carbons (Fsp3) is 0.421. The topological polar surface area (TPSA) is 75.0 Å². The monoisotopic (exact) mass is 418 g/mol. The second-order valence-electron chi connectivity index (χ2n) is 6.85. The fourth-order valence-electron chi connectivity index (χ4n) is 3.23. The Labute approximate surface area is 171 Å². The molecule has 29 heavy (non-hydrogen) atoms. The summed E-state index contributed by atoms with van der Waals surface area (Å²) in [5.74, 6) is -0.238. The number of hydrogen-bond donors (Lipinski definition) is 1. The van der Waals surface area contributed by atoms with E-state index < -0.39 is 0 Å². The number of rotatable bonds is 7. The van der Waals surface area contributed by atoms with Crippen LogP contribution in [0.3, 0.4) is 0 Å². The van der Waals surface area contributed by atoms with Crippen LogP contribution in [0.5, 0.6) is 0 Å². The predicted octanol–water partition coefficient (Wildman–Crippen LogP) is 1.48. The molecule has 0 spiro atoms. The largest absolute Gasteiger partial charge is 0.383 e. The van der Waals surface area contributed by atoms with E-state index in [0.717, 1.165) is 47.5 Å². The summed E-state index contributed by atoms with van der Waals surface area (Å²) in [6, 6.07) is 6.29. The fourth-order valence-corrected chi connectivity index (χ4v) is 4.16. The maximum atomic E-state index is 13.1.